The third-order valence-corrected chi connectivity index (χ3v) is 3.10. The molecule has 3 N–H and O–H groups in total. The number of nitrogens with two attached hydrogens (primary N) is 1. The van der Waals surface area contributed by atoms with Gasteiger partial charge in [0.05, 0.1) is 5.69 Å². The normalized spacial score (nSPS) is 11.1. The fourth-order valence-corrected chi connectivity index (χ4v) is 2.25. The van der Waals surface area contributed by atoms with Crippen molar-refractivity contribution in [2.75, 3.05) is 6.54 Å². The summed E-state index contributed by atoms with van der Waals surface area (Å²) in [6, 6.07) is 5.72. The van der Waals surface area contributed by atoms with Crippen molar-refractivity contribution in [3.63, 3.8) is 0 Å². The fourth-order valence-electron chi connectivity index (χ4n) is 2.25. The van der Waals surface area contributed by atoms with Crippen molar-refractivity contribution in [1.29, 1.82) is 0 Å². The van der Waals surface area contributed by atoms with E-state index in [1.54, 1.807) is 6.20 Å². The Morgan fingerprint density at radius 2 is 2.16 bits per heavy atom. The van der Waals surface area contributed by atoms with Crippen molar-refractivity contribution in [2.24, 2.45) is 5.73 Å². The SMILES string of the molecule is Cc1nc(-c2ccccn2)nc2[nH]cc(CCN)c12. The minimum atomic E-state index is 0.619. The predicted octanol–water partition coefficient (Wildman–Crippen LogP) is 1.83. The first-order valence-electron chi connectivity index (χ1n) is 6.25. The fraction of sp³-hybridized carbons (Fsp3) is 0.214. The summed E-state index contributed by atoms with van der Waals surface area (Å²) in [5.74, 6) is 0.645. The lowest BCUT2D eigenvalue weighted by atomic mass is 10.1. The number of fused-ring (bicyclic) bond motifs is 1. The van der Waals surface area contributed by atoms with Crippen LogP contribution in [0.15, 0.2) is 30.6 Å². The van der Waals surface area contributed by atoms with Crippen LogP contribution in [-0.2, 0) is 6.42 Å². The van der Waals surface area contributed by atoms with Crippen molar-refractivity contribution >= 4 is 11.0 Å². The maximum absolute atomic E-state index is 5.62. The average molecular weight is 253 g/mol. The number of hydrogen-bond donors (Lipinski definition) is 2. The molecule has 0 aliphatic carbocycles. The van der Waals surface area contributed by atoms with Gasteiger partial charge in [0.15, 0.2) is 5.82 Å². The summed E-state index contributed by atoms with van der Waals surface area (Å²) >= 11 is 0. The molecule has 3 rings (SSSR count). The Kier molecular flexibility index (Phi) is 2.97. The van der Waals surface area contributed by atoms with E-state index < -0.39 is 0 Å². The van der Waals surface area contributed by atoms with Crippen LogP contribution in [0.2, 0.25) is 0 Å². The molecule has 0 aromatic carbocycles. The van der Waals surface area contributed by atoms with E-state index in [0.29, 0.717) is 12.4 Å². The van der Waals surface area contributed by atoms with E-state index in [1.807, 2.05) is 31.3 Å². The molecule has 0 radical (unpaired) electrons. The van der Waals surface area contributed by atoms with Gasteiger partial charge in [0.1, 0.15) is 11.3 Å². The number of pyridine rings is 1. The zero-order valence-corrected chi connectivity index (χ0v) is 10.7. The number of rotatable bonds is 3. The Morgan fingerprint density at radius 1 is 1.26 bits per heavy atom. The standard InChI is InChI=1S/C14H15N5/c1-9-12-10(5-6-15)8-17-14(12)19-13(18-9)11-4-2-3-7-16-11/h2-4,7-8H,5-6,15H2,1H3,(H,17,18,19). The highest BCUT2D eigenvalue weighted by molar-refractivity contribution is 5.83. The van der Waals surface area contributed by atoms with Gasteiger partial charge in [0, 0.05) is 17.8 Å². The quantitative estimate of drug-likeness (QED) is 0.746. The minimum absolute atomic E-state index is 0.619. The van der Waals surface area contributed by atoms with Gasteiger partial charge in [0.2, 0.25) is 0 Å². The highest BCUT2D eigenvalue weighted by Gasteiger charge is 2.11. The van der Waals surface area contributed by atoms with Crippen LogP contribution >= 0.6 is 0 Å². The van der Waals surface area contributed by atoms with Crippen LogP contribution in [-0.4, -0.2) is 26.5 Å². The lowest BCUT2D eigenvalue weighted by molar-refractivity contribution is 0.974. The number of aromatic amines is 1. The molecule has 0 bridgehead atoms. The van der Waals surface area contributed by atoms with Crippen LogP contribution in [0.1, 0.15) is 11.3 Å². The number of aromatic nitrogens is 4. The number of hydrogen-bond acceptors (Lipinski definition) is 4. The van der Waals surface area contributed by atoms with E-state index in [4.69, 9.17) is 5.73 Å². The highest BCUT2D eigenvalue weighted by Crippen LogP contribution is 2.22. The molecule has 0 amide bonds. The molecular formula is C14H15N5. The summed E-state index contributed by atoms with van der Waals surface area (Å²) in [5.41, 5.74) is 9.36. The van der Waals surface area contributed by atoms with Gasteiger partial charge in [0.25, 0.3) is 0 Å². The third kappa shape index (κ3) is 2.08. The number of aryl methyl sites for hydroxylation is 1. The number of nitrogens with one attached hydrogen (secondary N) is 1. The summed E-state index contributed by atoms with van der Waals surface area (Å²) in [7, 11) is 0. The summed E-state index contributed by atoms with van der Waals surface area (Å²) in [5, 5.41) is 1.07. The van der Waals surface area contributed by atoms with Gasteiger partial charge >= 0.3 is 0 Å². The van der Waals surface area contributed by atoms with Gasteiger partial charge in [-0.2, -0.15) is 0 Å². The van der Waals surface area contributed by atoms with E-state index in [0.717, 1.165) is 28.8 Å². The van der Waals surface area contributed by atoms with Gasteiger partial charge in [-0.25, -0.2) is 9.97 Å². The van der Waals surface area contributed by atoms with Gasteiger partial charge in [-0.05, 0) is 37.6 Å². The third-order valence-electron chi connectivity index (χ3n) is 3.10. The molecular weight excluding hydrogens is 238 g/mol. The topological polar surface area (TPSA) is 80.5 Å². The van der Waals surface area contributed by atoms with Gasteiger partial charge in [-0.3, -0.25) is 4.98 Å². The zero-order chi connectivity index (χ0) is 13.2. The van der Waals surface area contributed by atoms with E-state index in [-0.39, 0.29) is 0 Å². The lowest BCUT2D eigenvalue weighted by Gasteiger charge is -2.03. The maximum Gasteiger partial charge on any atom is 0.180 e. The second kappa shape index (κ2) is 4.78. The monoisotopic (exact) mass is 253 g/mol. The van der Waals surface area contributed by atoms with Gasteiger partial charge in [-0.1, -0.05) is 6.07 Å². The lowest BCUT2D eigenvalue weighted by Crippen LogP contribution is -2.03. The molecule has 0 aliphatic rings. The molecule has 0 unspecified atom stereocenters. The van der Waals surface area contributed by atoms with Crippen LogP contribution in [0.3, 0.4) is 0 Å². The molecule has 5 nitrogen and oxygen atoms in total. The summed E-state index contributed by atoms with van der Waals surface area (Å²) < 4.78 is 0. The van der Waals surface area contributed by atoms with E-state index in [2.05, 4.69) is 19.9 Å². The molecule has 3 aromatic rings. The molecule has 3 aromatic heterocycles. The smallest absolute Gasteiger partial charge is 0.180 e. The van der Waals surface area contributed by atoms with Crippen molar-refractivity contribution in [1.82, 2.24) is 19.9 Å². The van der Waals surface area contributed by atoms with Crippen molar-refractivity contribution in [2.45, 2.75) is 13.3 Å². The Labute approximate surface area is 110 Å². The Balaban J connectivity index is 2.16. The van der Waals surface area contributed by atoms with Crippen molar-refractivity contribution in [3.05, 3.63) is 41.9 Å². The molecule has 0 spiro atoms. The summed E-state index contributed by atoms with van der Waals surface area (Å²) in [6.07, 6.45) is 4.53. The second-order valence-corrected chi connectivity index (χ2v) is 4.42. The van der Waals surface area contributed by atoms with E-state index >= 15 is 0 Å². The average Bonchev–Trinajstić information content (AvgIpc) is 2.84. The van der Waals surface area contributed by atoms with Crippen LogP contribution in [0, 0.1) is 6.92 Å². The van der Waals surface area contributed by atoms with Crippen molar-refractivity contribution in [3.8, 4) is 11.5 Å². The molecule has 0 saturated heterocycles. The Hall–Kier alpha value is -2.27. The largest absolute Gasteiger partial charge is 0.346 e. The Bertz CT molecular complexity index is 702. The predicted molar refractivity (Wildman–Crippen MR) is 74.6 cm³/mol. The van der Waals surface area contributed by atoms with E-state index in [1.165, 1.54) is 5.56 Å². The first-order valence-corrected chi connectivity index (χ1v) is 6.25. The van der Waals surface area contributed by atoms with Gasteiger partial charge < -0.3 is 10.7 Å². The van der Waals surface area contributed by atoms with Crippen LogP contribution in [0.4, 0.5) is 0 Å². The summed E-state index contributed by atoms with van der Waals surface area (Å²) in [6.45, 7) is 2.61. The number of H-pyrrole nitrogens is 1. The minimum Gasteiger partial charge on any atom is -0.346 e. The molecule has 19 heavy (non-hydrogen) atoms. The summed E-state index contributed by atoms with van der Waals surface area (Å²) in [4.78, 5) is 16.6. The van der Waals surface area contributed by atoms with Crippen LogP contribution in [0.25, 0.3) is 22.6 Å². The first kappa shape index (κ1) is 11.8. The zero-order valence-electron chi connectivity index (χ0n) is 10.7. The van der Waals surface area contributed by atoms with E-state index in [9.17, 15) is 0 Å². The first-order chi connectivity index (χ1) is 9.29. The molecule has 96 valence electrons. The van der Waals surface area contributed by atoms with Crippen LogP contribution < -0.4 is 5.73 Å². The Morgan fingerprint density at radius 3 is 2.89 bits per heavy atom. The maximum atomic E-state index is 5.62. The molecule has 3 heterocycles. The van der Waals surface area contributed by atoms with Crippen molar-refractivity contribution < 1.29 is 0 Å². The van der Waals surface area contributed by atoms with Gasteiger partial charge in [-0.15, -0.1) is 0 Å². The highest BCUT2D eigenvalue weighted by atomic mass is 15.0. The molecule has 0 aliphatic heterocycles. The molecule has 0 atom stereocenters. The molecule has 0 fully saturated rings. The van der Waals surface area contributed by atoms with Crippen LogP contribution in [0.5, 0.6) is 0 Å². The molecule has 0 saturated carbocycles. The molecule has 5 heteroatoms. The number of nitrogens with zero attached hydrogens (tertiary/aromatic N) is 3. The second-order valence-electron chi connectivity index (χ2n) is 4.42.